The van der Waals surface area contributed by atoms with E-state index in [4.69, 9.17) is 4.74 Å². The number of aliphatic hydroxyl groups is 2. The molecule has 0 radical (unpaired) electrons. The lowest BCUT2D eigenvalue weighted by Crippen LogP contribution is -2.55. The van der Waals surface area contributed by atoms with Gasteiger partial charge in [0.25, 0.3) is 0 Å². The van der Waals surface area contributed by atoms with E-state index in [0.29, 0.717) is 11.1 Å². The molecule has 3 aliphatic rings. The predicted molar refractivity (Wildman–Crippen MR) is 126 cm³/mol. The molecule has 168 valence electrons. The third-order valence-corrected chi connectivity index (χ3v) is 8.10. The molecule has 8 rings (SSSR count). The molecule has 0 saturated carbocycles. The number of hydrogen-bond acceptors (Lipinski definition) is 5. The van der Waals surface area contributed by atoms with Crippen molar-refractivity contribution in [3.05, 3.63) is 59.7 Å². The van der Waals surface area contributed by atoms with E-state index in [-0.39, 0.29) is 24.4 Å². The number of aliphatic hydroxyl groups excluding tert-OH is 2. The number of nitrogens with zero attached hydrogens (tertiary/aromatic N) is 2. The molecule has 2 N–H and O–H groups in total. The van der Waals surface area contributed by atoms with Crippen molar-refractivity contribution < 1.29 is 24.5 Å². The Kier molecular flexibility index (Phi) is 3.19. The van der Waals surface area contributed by atoms with Gasteiger partial charge in [0, 0.05) is 39.1 Å². The van der Waals surface area contributed by atoms with Gasteiger partial charge in [-0.2, -0.15) is 0 Å². The highest BCUT2D eigenvalue weighted by atomic mass is 16.6. The van der Waals surface area contributed by atoms with Crippen molar-refractivity contribution in [2.75, 3.05) is 0 Å². The molecular formula is C27H20N2O5. The zero-order chi connectivity index (χ0) is 23.1. The van der Waals surface area contributed by atoms with Gasteiger partial charge in [-0.3, -0.25) is 9.59 Å². The quantitative estimate of drug-likeness (QED) is 0.347. The highest BCUT2D eigenvalue weighted by molar-refractivity contribution is 6.40. The Bertz CT molecular complexity index is 1790. The van der Waals surface area contributed by atoms with Gasteiger partial charge in [-0.1, -0.05) is 36.4 Å². The summed E-state index contributed by atoms with van der Waals surface area (Å²) in [5.41, 5.74) is 2.88. The third-order valence-electron chi connectivity index (χ3n) is 8.10. The predicted octanol–water partition coefficient (Wildman–Crippen LogP) is 4.00. The molecule has 34 heavy (non-hydrogen) atoms. The van der Waals surface area contributed by atoms with Gasteiger partial charge in [-0.05, 0) is 19.1 Å². The van der Waals surface area contributed by atoms with Crippen molar-refractivity contribution in [3.8, 4) is 0 Å². The van der Waals surface area contributed by atoms with Gasteiger partial charge < -0.3 is 24.1 Å². The first-order valence-electron chi connectivity index (χ1n) is 11.5. The second-order valence-electron chi connectivity index (χ2n) is 9.84. The second kappa shape index (κ2) is 5.75. The monoisotopic (exact) mass is 452 g/mol. The zero-order valence-corrected chi connectivity index (χ0v) is 18.3. The van der Waals surface area contributed by atoms with Gasteiger partial charge >= 0.3 is 0 Å². The molecule has 5 aromatic rings. The summed E-state index contributed by atoms with van der Waals surface area (Å²) < 4.78 is 10.6. The molecule has 2 aliphatic heterocycles. The van der Waals surface area contributed by atoms with E-state index in [2.05, 4.69) is 4.57 Å². The van der Waals surface area contributed by atoms with Crippen molar-refractivity contribution >= 4 is 55.2 Å². The highest BCUT2D eigenvalue weighted by Gasteiger charge is 2.52. The minimum Gasteiger partial charge on any atom is -0.390 e. The molecule has 0 spiro atoms. The van der Waals surface area contributed by atoms with Gasteiger partial charge in [0.05, 0.1) is 34.6 Å². The number of para-hydroxylation sites is 2. The normalized spacial score (nSPS) is 28.0. The Morgan fingerprint density at radius 1 is 0.882 bits per heavy atom. The number of aromatic nitrogens is 2. The van der Waals surface area contributed by atoms with E-state index in [1.54, 1.807) is 6.92 Å². The van der Waals surface area contributed by atoms with Gasteiger partial charge in [0.15, 0.2) is 17.3 Å². The van der Waals surface area contributed by atoms with Crippen LogP contribution in [0.4, 0.5) is 0 Å². The zero-order valence-electron chi connectivity index (χ0n) is 18.3. The second-order valence-corrected chi connectivity index (χ2v) is 9.84. The van der Waals surface area contributed by atoms with Gasteiger partial charge in [0.2, 0.25) is 0 Å². The van der Waals surface area contributed by atoms with Crippen LogP contribution in [0.5, 0.6) is 0 Å². The fourth-order valence-corrected chi connectivity index (χ4v) is 6.79. The summed E-state index contributed by atoms with van der Waals surface area (Å²) in [6.07, 6.45) is -2.68. The van der Waals surface area contributed by atoms with Crippen LogP contribution in [0.3, 0.4) is 0 Å². The van der Waals surface area contributed by atoms with E-state index in [0.717, 1.165) is 43.6 Å². The average molecular weight is 452 g/mol. The Balaban J connectivity index is 1.79. The van der Waals surface area contributed by atoms with Crippen LogP contribution in [0.15, 0.2) is 48.5 Å². The van der Waals surface area contributed by atoms with Crippen LogP contribution in [-0.4, -0.2) is 43.1 Å². The number of fused-ring (bicyclic) bond motifs is 13. The molecule has 7 nitrogen and oxygen atoms in total. The smallest absolute Gasteiger partial charge is 0.173 e. The van der Waals surface area contributed by atoms with Crippen molar-refractivity contribution in [2.45, 2.75) is 43.9 Å². The van der Waals surface area contributed by atoms with E-state index >= 15 is 0 Å². The lowest BCUT2D eigenvalue weighted by molar-refractivity contribution is -0.272. The maximum absolute atomic E-state index is 13.3. The fourth-order valence-electron chi connectivity index (χ4n) is 6.79. The number of carbonyl (C=O) groups excluding carboxylic acids is 2. The van der Waals surface area contributed by atoms with Crippen molar-refractivity contribution in [3.63, 3.8) is 0 Å². The first-order chi connectivity index (χ1) is 16.4. The summed E-state index contributed by atoms with van der Waals surface area (Å²) in [5, 5.41) is 25.4. The molecule has 7 heteroatoms. The van der Waals surface area contributed by atoms with Crippen LogP contribution in [0, 0.1) is 0 Å². The number of benzene rings is 3. The van der Waals surface area contributed by atoms with Crippen LogP contribution in [-0.2, 0) is 10.5 Å². The molecule has 0 amide bonds. The van der Waals surface area contributed by atoms with E-state index in [1.165, 1.54) is 0 Å². The van der Waals surface area contributed by atoms with Crippen LogP contribution in [0.2, 0.25) is 0 Å². The molecule has 2 aromatic heterocycles. The molecule has 0 unspecified atom stereocenters. The Labute approximate surface area is 192 Å². The maximum Gasteiger partial charge on any atom is 0.173 e. The standard InChI is InChI=1S/C27H20N2O5/c1-27-26(33)18(32)11-19(34-27)28-14-8-4-2-6-12(14)20-22-16(30)10-17(31)23(22)21-13-7-3-5-9-15(13)29(27)25(21)24(20)28/h2-9,18-19,26,32-33H,10-11H2,1H3/t18-,19+,26+,27-/m0/s1. The molecule has 1 saturated heterocycles. The number of Topliss-reactive ketones (excluding diaryl/α,β-unsaturated/α-hetero) is 2. The summed E-state index contributed by atoms with van der Waals surface area (Å²) >= 11 is 0. The van der Waals surface area contributed by atoms with E-state index in [1.807, 2.05) is 53.1 Å². The molecule has 4 atom stereocenters. The maximum atomic E-state index is 13.3. The number of ketones is 2. The van der Waals surface area contributed by atoms with Crippen molar-refractivity contribution in [1.82, 2.24) is 9.13 Å². The van der Waals surface area contributed by atoms with E-state index in [9.17, 15) is 19.8 Å². The lowest BCUT2D eigenvalue weighted by atomic mass is 9.95. The molecular weight excluding hydrogens is 432 g/mol. The minimum atomic E-state index is -1.28. The number of hydrogen-bond donors (Lipinski definition) is 2. The lowest BCUT2D eigenvalue weighted by Gasteiger charge is -2.45. The summed E-state index contributed by atoms with van der Waals surface area (Å²) in [6.45, 7) is 1.79. The highest BCUT2D eigenvalue weighted by Crippen LogP contribution is 2.53. The van der Waals surface area contributed by atoms with Crippen LogP contribution >= 0.6 is 0 Å². The van der Waals surface area contributed by atoms with E-state index < -0.39 is 24.2 Å². The first-order valence-corrected chi connectivity index (χ1v) is 11.5. The SMILES string of the molecule is C[C@]12O[C@H](C[C@H](O)[C@H]1O)n1c3ccccc3c3c4c(c5c6ccccc6n2c5c31)C(=O)CC4=O. The first kappa shape index (κ1) is 18.9. The average Bonchev–Trinajstić information content (AvgIpc) is 3.42. The fraction of sp³-hybridized carbons (Fsp3) is 0.259. The minimum absolute atomic E-state index is 0.138. The molecule has 1 aliphatic carbocycles. The Hall–Kier alpha value is -3.52. The largest absolute Gasteiger partial charge is 0.390 e. The number of ether oxygens (including phenoxy) is 1. The Morgan fingerprint density at radius 3 is 2.18 bits per heavy atom. The summed E-state index contributed by atoms with van der Waals surface area (Å²) in [5.74, 6) is -0.346. The molecule has 1 fully saturated rings. The van der Waals surface area contributed by atoms with Gasteiger partial charge in [0.1, 0.15) is 12.3 Å². The molecule has 3 aromatic carbocycles. The summed E-state index contributed by atoms with van der Waals surface area (Å²) in [7, 11) is 0. The van der Waals surface area contributed by atoms with Crippen molar-refractivity contribution in [2.24, 2.45) is 0 Å². The summed E-state index contributed by atoms with van der Waals surface area (Å²) in [6, 6.07) is 15.5. The topological polar surface area (TPSA) is 93.7 Å². The third kappa shape index (κ3) is 1.86. The number of rotatable bonds is 0. The van der Waals surface area contributed by atoms with Crippen LogP contribution in [0.25, 0.3) is 43.6 Å². The number of carbonyl (C=O) groups is 2. The molecule has 2 bridgehead atoms. The van der Waals surface area contributed by atoms with Gasteiger partial charge in [-0.15, -0.1) is 0 Å². The van der Waals surface area contributed by atoms with Crippen LogP contribution < -0.4 is 0 Å². The van der Waals surface area contributed by atoms with Crippen molar-refractivity contribution in [1.29, 1.82) is 0 Å². The summed E-state index contributed by atoms with van der Waals surface area (Å²) in [4.78, 5) is 26.6. The van der Waals surface area contributed by atoms with Gasteiger partial charge in [-0.25, -0.2) is 0 Å². The molecule has 4 heterocycles. The Morgan fingerprint density at radius 2 is 1.47 bits per heavy atom. The van der Waals surface area contributed by atoms with Crippen LogP contribution in [0.1, 0.15) is 46.7 Å².